The molecule has 0 aliphatic carbocycles. The van der Waals surface area contributed by atoms with Crippen molar-refractivity contribution in [1.82, 2.24) is 4.90 Å². The maximum absolute atomic E-state index is 13.4. The van der Waals surface area contributed by atoms with Crippen LogP contribution in [0.1, 0.15) is 31.4 Å². The molecule has 3 atom stereocenters. The van der Waals surface area contributed by atoms with Gasteiger partial charge in [0.25, 0.3) is 0 Å². The lowest BCUT2D eigenvalue weighted by molar-refractivity contribution is -0.176. The molecule has 112 valence electrons. The Hall–Kier alpha value is -2.05. The van der Waals surface area contributed by atoms with Gasteiger partial charge in [-0.25, -0.2) is 18.0 Å². The van der Waals surface area contributed by atoms with E-state index in [9.17, 15) is 22.8 Å². The first kappa shape index (κ1) is 13.9. The Bertz CT molecular complexity index is 611. The van der Waals surface area contributed by atoms with Gasteiger partial charge in [-0.2, -0.15) is 0 Å². The highest BCUT2D eigenvalue weighted by molar-refractivity contribution is 6.33. The van der Waals surface area contributed by atoms with Crippen molar-refractivity contribution in [3.05, 3.63) is 35.1 Å². The van der Waals surface area contributed by atoms with Gasteiger partial charge in [0.15, 0.2) is 17.5 Å². The predicted molar refractivity (Wildman–Crippen MR) is 64.5 cm³/mol. The van der Waals surface area contributed by atoms with Gasteiger partial charge in [0, 0.05) is 0 Å². The van der Waals surface area contributed by atoms with Crippen molar-refractivity contribution in [2.75, 3.05) is 0 Å². The third kappa shape index (κ3) is 2.07. The number of hydrogen-bond acceptors (Lipinski definition) is 3. The molecule has 2 fully saturated rings. The average Bonchev–Trinajstić information content (AvgIpc) is 2.87. The van der Waals surface area contributed by atoms with Crippen molar-refractivity contribution in [3.63, 3.8) is 0 Å². The van der Waals surface area contributed by atoms with Crippen molar-refractivity contribution in [2.24, 2.45) is 0 Å². The van der Waals surface area contributed by atoms with Crippen molar-refractivity contribution in [2.45, 2.75) is 38.0 Å². The van der Waals surface area contributed by atoms with E-state index < -0.39 is 41.5 Å². The molecule has 21 heavy (non-hydrogen) atoms. The third-order valence-corrected chi connectivity index (χ3v) is 4.06. The van der Waals surface area contributed by atoms with Crippen LogP contribution in [-0.4, -0.2) is 28.9 Å². The molecule has 0 spiro atoms. The third-order valence-electron chi connectivity index (χ3n) is 4.06. The number of amides is 1. The van der Waals surface area contributed by atoms with Gasteiger partial charge < -0.3 is 9.64 Å². The molecule has 2 aliphatic rings. The molecule has 0 saturated carbocycles. The zero-order chi connectivity index (χ0) is 15.3. The van der Waals surface area contributed by atoms with E-state index in [1.54, 1.807) is 6.92 Å². The zero-order valence-corrected chi connectivity index (χ0v) is 11.1. The summed E-state index contributed by atoms with van der Waals surface area (Å²) >= 11 is 0. The topological polar surface area (TPSA) is 46.6 Å². The maximum Gasteiger partial charge on any atom is 0.397 e. The van der Waals surface area contributed by atoms with Crippen LogP contribution in [-0.2, 0) is 14.3 Å². The summed E-state index contributed by atoms with van der Waals surface area (Å²) in [6.45, 7) is 1.66. The smallest absolute Gasteiger partial charge is 0.397 e. The largest absolute Gasteiger partial charge is 0.453 e. The van der Waals surface area contributed by atoms with Gasteiger partial charge in [0.2, 0.25) is 0 Å². The highest BCUT2D eigenvalue weighted by Gasteiger charge is 2.48. The number of hydrogen-bond donors (Lipinski definition) is 0. The Morgan fingerprint density at radius 2 is 1.76 bits per heavy atom. The molecule has 2 heterocycles. The van der Waals surface area contributed by atoms with Gasteiger partial charge in [-0.15, -0.1) is 0 Å². The Morgan fingerprint density at radius 1 is 1.14 bits per heavy atom. The van der Waals surface area contributed by atoms with E-state index >= 15 is 0 Å². The fourth-order valence-electron chi connectivity index (χ4n) is 3.09. The fourth-order valence-corrected chi connectivity index (χ4v) is 3.09. The highest BCUT2D eigenvalue weighted by Crippen LogP contribution is 2.40. The molecule has 1 aromatic carbocycles. The summed E-state index contributed by atoms with van der Waals surface area (Å²) in [5.41, 5.74) is 0.143. The first-order chi connectivity index (χ1) is 9.90. The van der Waals surface area contributed by atoms with Crippen LogP contribution < -0.4 is 0 Å². The number of esters is 1. The fraction of sp³-hybridized carbons (Fsp3) is 0.429. The van der Waals surface area contributed by atoms with Crippen molar-refractivity contribution < 1.29 is 27.5 Å². The molecule has 2 aliphatic heterocycles. The maximum atomic E-state index is 13.4. The minimum absolute atomic E-state index is 0.143. The van der Waals surface area contributed by atoms with Crippen LogP contribution in [0.5, 0.6) is 0 Å². The predicted octanol–water partition coefficient (Wildman–Crippen LogP) is 2.08. The van der Waals surface area contributed by atoms with Gasteiger partial charge in [-0.05, 0) is 37.5 Å². The van der Waals surface area contributed by atoms with Gasteiger partial charge in [0.1, 0.15) is 6.10 Å². The molecule has 4 nitrogen and oxygen atoms in total. The zero-order valence-electron chi connectivity index (χ0n) is 11.1. The van der Waals surface area contributed by atoms with Crippen LogP contribution in [0.4, 0.5) is 13.2 Å². The Balaban J connectivity index is 2.00. The lowest BCUT2D eigenvalue weighted by Gasteiger charge is -2.36. The van der Waals surface area contributed by atoms with Crippen molar-refractivity contribution in [1.29, 1.82) is 0 Å². The molecule has 0 unspecified atom stereocenters. The molecule has 3 rings (SSSR count). The molecule has 0 bridgehead atoms. The number of benzene rings is 1. The number of rotatable bonds is 1. The number of fused-ring (bicyclic) bond motifs is 1. The second-order valence-electron chi connectivity index (χ2n) is 5.28. The first-order valence-corrected chi connectivity index (χ1v) is 6.58. The monoisotopic (exact) mass is 299 g/mol. The van der Waals surface area contributed by atoms with E-state index in [0.717, 1.165) is 12.1 Å². The lowest BCUT2D eigenvalue weighted by Crippen LogP contribution is -2.53. The van der Waals surface area contributed by atoms with Crippen LogP contribution in [0.3, 0.4) is 0 Å². The number of carbonyl (C=O) groups excluding carboxylic acids is 2. The van der Waals surface area contributed by atoms with Gasteiger partial charge in [-0.3, -0.25) is 4.79 Å². The number of cyclic esters (lactones) is 1. The van der Waals surface area contributed by atoms with E-state index in [1.165, 1.54) is 4.90 Å². The van der Waals surface area contributed by atoms with E-state index in [-0.39, 0.29) is 11.6 Å². The van der Waals surface area contributed by atoms with E-state index in [1.807, 2.05) is 0 Å². The lowest BCUT2D eigenvalue weighted by atomic mass is 10.0. The normalized spacial score (nSPS) is 28.6. The molecular formula is C14H12F3NO3. The van der Waals surface area contributed by atoms with E-state index in [0.29, 0.717) is 12.8 Å². The minimum Gasteiger partial charge on any atom is -0.453 e. The number of halogens is 3. The van der Waals surface area contributed by atoms with Crippen molar-refractivity contribution >= 4 is 11.9 Å². The van der Waals surface area contributed by atoms with Gasteiger partial charge in [0.05, 0.1) is 12.1 Å². The second kappa shape index (κ2) is 4.75. The summed E-state index contributed by atoms with van der Waals surface area (Å²) in [6, 6.07) is 0.756. The molecule has 1 aromatic rings. The highest BCUT2D eigenvalue weighted by atomic mass is 19.2. The number of nitrogens with zero attached hydrogens (tertiary/aromatic N) is 1. The van der Waals surface area contributed by atoms with Crippen LogP contribution in [0, 0.1) is 17.5 Å². The first-order valence-electron chi connectivity index (χ1n) is 6.58. The molecule has 7 heteroatoms. The summed E-state index contributed by atoms with van der Waals surface area (Å²) < 4.78 is 44.7. The summed E-state index contributed by atoms with van der Waals surface area (Å²) in [5, 5.41) is 0. The van der Waals surface area contributed by atoms with Crippen LogP contribution in [0.15, 0.2) is 12.1 Å². The summed E-state index contributed by atoms with van der Waals surface area (Å²) in [5.74, 6) is -5.98. The average molecular weight is 299 g/mol. The van der Waals surface area contributed by atoms with Crippen LogP contribution >= 0.6 is 0 Å². The Morgan fingerprint density at radius 3 is 2.38 bits per heavy atom. The van der Waals surface area contributed by atoms with Gasteiger partial charge >= 0.3 is 11.9 Å². The SMILES string of the molecule is C[C@@H]1OC(=O)C(=O)N2[C@@H]1CC[C@H]2c1cc(F)c(F)c(F)c1. The number of ether oxygens (including phenoxy) is 1. The number of carbonyl (C=O) groups is 2. The molecule has 2 saturated heterocycles. The van der Waals surface area contributed by atoms with Crippen LogP contribution in [0.2, 0.25) is 0 Å². The van der Waals surface area contributed by atoms with E-state index in [4.69, 9.17) is 4.74 Å². The molecular weight excluding hydrogens is 287 g/mol. The second-order valence-corrected chi connectivity index (χ2v) is 5.28. The quantitative estimate of drug-likeness (QED) is 0.453. The molecule has 0 radical (unpaired) electrons. The Labute approximate surface area is 118 Å². The summed E-state index contributed by atoms with van der Waals surface area (Å²) in [4.78, 5) is 24.7. The molecule has 0 aromatic heterocycles. The minimum atomic E-state index is -1.55. The van der Waals surface area contributed by atoms with Crippen molar-refractivity contribution in [3.8, 4) is 0 Å². The standard InChI is InChI=1S/C14H12F3NO3/c1-6-10-2-3-11(18(10)13(19)14(20)21-6)7-4-8(15)12(17)9(16)5-7/h4-6,10-11H,2-3H2,1H3/t6-,10+,11-/m0/s1. The van der Waals surface area contributed by atoms with Gasteiger partial charge in [-0.1, -0.05) is 0 Å². The summed E-state index contributed by atoms with van der Waals surface area (Å²) in [7, 11) is 0. The molecule has 0 N–H and O–H groups in total. The Kier molecular flexibility index (Phi) is 3.15. The van der Waals surface area contributed by atoms with Crippen LogP contribution in [0.25, 0.3) is 0 Å². The summed E-state index contributed by atoms with van der Waals surface area (Å²) in [6.07, 6.45) is 0.503. The number of morpholine rings is 1. The molecule has 1 amide bonds. The van der Waals surface area contributed by atoms with E-state index in [2.05, 4.69) is 0 Å².